The summed E-state index contributed by atoms with van der Waals surface area (Å²) in [5.41, 5.74) is 2.88. The van der Waals surface area contributed by atoms with Crippen LogP contribution in [0, 0.1) is 0 Å². The van der Waals surface area contributed by atoms with Crippen molar-refractivity contribution in [2.45, 2.75) is 31.3 Å². The largest absolute Gasteiger partial charge is 0.348 e. The van der Waals surface area contributed by atoms with Gasteiger partial charge < -0.3 is 5.32 Å². The first-order valence-electron chi connectivity index (χ1n) is 8.95. The highest BCUT2D eigenvalue weighted by molar-refractivity contribution is 7.89. The second-order valence-corrected chi connectivity index (χ2v) is 8.89. The Labute approximate surface area is 174 Å². The van der Waals surface area contributed by atoms with Crippen molar-refractivity contribution in [2.75, 3.05) is 0 Å². The summed E-state index contributed by atoms with van der Waals surface area (Å²) in [6.07, 6.45) is 1.68. The molecule has 0 fully saturated rings. The number of sulfonamides is 1. The predicted molar refractivity (Wildman–Crippen MR) is 112 cm³/mol. The number of aromatic amines is 1. The molecular weight excluding hydrogens is 412 g/mol. The van der Waals surface area contributed by atoms with Crippen LogP contribution in [0.1, 0.15) is 29.8 Å². The summed E-state index contributed by atoms with van der Waals surface area (Å²) in [5.74, 6) is -0.450. The van der Waals surface area contributed by atoms with Crippen molar-refractivity contribution < 1.29 is 13.2 Å². The maximum atomic E-state index is 12.6. The minimum atomic E-state index is -3.72. The summed E-state index contributed by atoms with van der Waals surface area (Å²) in [6, 6.07) is 13.3. The third-order valence-corrected chi connectivity index (χ3v) is 6.09. The zero-order valence-electron chi connectivity index (χ0n) is 15.9. The van der Waals surface area contributed by atoms with Crippen LogP contribution in [0.5, 0.6) is 0 Å². The van der Waals surface area contributed by atoms with Crippen molar-refractivity contribution in [3.8, 4) is 11.3 Å². The summed E-state index contributed by atoms with van der Waals surface area (Å²) in [6.45, 7) is 3.72. The number of carbonyl (C=O) groups excluding carboxylic acids is 1. The maximum Gasteiger partial charge on any atom is 0.253 e. The van der Waals surface area contributed by atoms with E-state index in [1.807, 2.05) is 30.3 Å². The number of H-pyrrole nitrogens is 1. The fourth-order valence-electron chi connectivity index (χ4n) is 2.72. The second-order valence-electron chi connectivity index (χ2n) is 6.77. The zero-order valence-corrected chi connectivity index (χ0v) is 17.5. The van der Waals surface area contributed by atoms with E-state index in [4.69, 9.17) is 11.6 Å². The van der Waals surface area contributed by atoms with E-state index in [0.29, 0.717) is 0 Å². The lowest BCUT2D eigenvalue weighted by Gasteiger charge is -2.12. The van der Waals surface area contributed by atoms with Gasteiger partial charge >= 0.3 is 0 Å². The number of nitrogens with zero attached hydrogens (tertiary/aromatic N) is 1. The van der Waals surface area contributed by atoms with Gasteiger partial charge in [0, 0.05) is 18.8 Å². The van der Waals surface area contributed by atoms with E-state index in [2.05, 4.69) is 20.2 Å². The summed E-state index contributed by atoms with van der Waals surface area (Å²) in [5, 5.41) is 9.76. The highest BCUT2D eigenvalue weighted by atomic mass is 35.5. The Hall–Kier alpha value is -2.68. The van der Waals surface area contributed by atoms with Crippen molar-refractivity contribution in [3.05, 3.63) is 70.9 Å². The number of hydrogen-bond acceptors (Lipinski definition) is 4. The van der Waals surface area contributed by atoms with Gasteiger partial charge in [-0.05, 0) is 49.2 Å². The fraction of sp³-hybridized carbons (Fsp3) is 0.200. The van der Waals surface area contributed by atoms with Crippen LogP contribution in [0.2, 0.25) is 5.02 Å². The van der Waals surface area contributed by atoms with E-state index in [-0.39, 0.29) is 28.1 Å². The van der Waals surface area contributed by atoms with Crippen LogP contribution in [0.15, 0.2) is 59.6 Å². The Bertz CT molecular complexity index is 1100. The number of carbonyl (C=O) groups is 1. The van der Waals surface area contributed by atoms with E-state index in [1.54, 1.807) is 20.0 Å². The summed E-state index contributed by atoms with van der Waals surface area (Å²) in [4.78, 5) is 12.6. The smallest absolute Gasteiger partial charge is 0.253 e. The maximum absolute atomic E-state index is 12.6. The van der Waals surface area contributed by atoms with Gasteiger partial charge in [-0.1, -0.05) is 35.9 Å². The normalized spacial score (nSPS) is 11.6. The standard InChI is InChI=1S/C20H21ClN4O3S/c1-13(2)25-29(27,28)16-7-8-18(21)17(11-16)20(26)22-12-14-3-5-15(6-4-14)19-9-10-23-24-19/h3-11,13,25H,12H2,1-2H3,(H,22,26)(H,23,24). The first-order chi connectivity index (χ1) is 13.8. The number of aromatic nitrogens is 2. The van der Waals surface area contributed by atoms with E-state index in [1.165, 1.54) is 18.2 Å². The van der Waals surface area contributed by atoms with Crippen LogP contribution in [0.3, 0.4) is 0 Å². The molecule has 0 spiro atoms. The van der Waals surface area contributed by atoms with Crippen LogP contribution >= 0.6 is 11.6 Å². The molecule has 0 aliphatic heterocycles. The van der Waals surface area contributed by atoms with Gasteiger partial charge in [0.1, 0.15) is 0 Å². The molecular formula is C20H21ClN4O3S. The lowest BCUT2D eigenvalue weighted by molar-refractivity contribution is 0.0951. The number of nitrogens with one attached hydrogen (secondary N) is 3. The van der Waals surface area contributed by atoms with Crippen LogP contribution in [0.25, 0.3) is 11.3 Å². The molecule has 1 heterocycles. The van der Waals surface area contributed by atoms with Crippen LogP contribution in [-0.4, -0.2) is 30.6 Å². The van der Waals surface area contributed by atoms with Crippen LogP contribution < -0.4 is 10.0 Å². The molecule has 0 saturated carbocycles. The number of rotatable bonds is 7. The molecule has 3 rings (SSSR count). The van der Waals surface area contributed by atoms with Crippen LogP contribution in [0.4, 0.5) is 0 Å². The Morgan fingerprint density at radius 2 is 1.86 bits per heavy atom. The minimum absolute atomic E-state index is 0.00957. The Balaban J connectivity index is 1.71. The van der Waals surface area contributed by atoms with E-state index >= 15 is 0 Å². The molecule has 7 nitrogen and oxygen atoms in total. The monoisotopic (exact) mass is 432 g/mol. The molecule has 0 radical (unpaired) electrons. The van der Waals surface area contributed by atoms with Crippen molar-refractivity contribution in [1.29, 1.82) is 0 Å². The van der Waals surface area contributed by atoms with Gasteiger partial charge in [0.05, 0.1) is 21.2 Å². The van der Waals surface area contributed by atoms with Gasteiger partial charge in [-0.15, -0.1) is 0 Å². The number of benzene rings is 2. The first-order valence-corrected chi connectivity index (χ1v) is 10.8. The first kappa shape index (κ1) is 21.0. The van der Waals surface area contributed by atoms with Crippen molar-refractivity contribution in [1.82, 2.24) is 20.2 Å². The topological polar surface area (TPSA) is 104 Å². The van der Waals surface area contributed by atoms with Gasteiger partial charge in [-0.25, -0.2) is 13.1 Å². The average Bonchev–Trinajstić information content (AvgIpc) is 3.20. The molecule has 0 aliphatic rings. The molecule has 0 bridgehead atoms. The zero-order chi connectivity index (χ0) is 21.0. The van der Waals surface area contributed by atoms with Crippen molar-refractivity contribution in [3.63, 3.8) is 0 Å². The fourth-order valence-corrected chi connectivity index (χ4v) is 4.20. The number of hydrogen-bond donors (Lipinski definition) is 3. The number of halogens is 1. The molecule has 0 saturated heterocycles. The summed E-state index contributed by atoms with van der Waals surface area (Å²) >= 11 is 6.12. The highest BCUT2D eigenvalue weighted by Crippen LogP contribution is 2.21. The molecule has 3 aromatic rings. The average molecular weight is 433 g/mol. The SMILES string of the molecule is CC(C)NS(=O)(=O)c1ccc(Cl)c(C(=O)NCc2ccc(-c3ccn[nH]3)cc2)c1. The van der Waals surface area contributed by atoms with Gasteiger partial charge in [0.15, 0.2) is 0 Å². The van der Waals surface area contributed by atoms with Crippen LogP contribution in [-0.2, 0) is 16.6 Å². The third-order valence-electron chi connectivity index (χ3n) is 4.10. The van der Waals surface area contributed by atoms with Gasteiger partial charge in [0.25, 0.3) is 5.91 Å². The van der Waals surface area contributed by atoms with Crippen molar-refractivity contribution >= 4 is 27.5 Å². The van der Waals surface area contributed by atoms with Gasteiger partial charge in [-0.3, -0.25) is 9.89 Å². The highest BCUT2D eigenvalue weighted by Gasteiger charge is 2.19. The Morgan fingerprint density at radius 3 is 2.48 bits per heavy atom. The quantitative estimate of drug-likeness (QED) is 0.532. The summed E-state index contributed by atoms with van der Waals surface area (Å²) < 4.78 is 27.2. The Morgan fingerprint density at radius 1 is 1.14 bits per heavy atom. The number of amides is 1. The van der Waals surface area contributed by atoms with Gasteiger partial charge in [-0.2, -0.15) is 5.10 Å². The predicted octanol–water partition coefficient (Wildman–Crippen LogP) is 3.35. The molecule has 0 unspecified atom stereocenters. The lowest BCUT2D eigenvalue weighted by Crippen LogP contribution is -2.30. The minimum Gasteiger partial charge on any atom is -0.348 e. The Kier molecular flexibility index (Phi) is 6.36. The molecule has 3 N–H and O–H groups in total. The third kappa shape index (κ3) is 5.23. The molecule has 1 aromatic heterocycles. The molecule has 152 valence electrons. The van der Waals surface area contributed by atoms with Crippen molar-refractivity contribution in [2.24, 2.45) is 0 Å². The molecule has 1 amide bonds. The van der Waals surface area contributed by atoms with E-state index in [0.717, 1.165) is 16.8 Å². The molecule has 2 aromatic carbocycles. The lowest BCUT2D eigenvalue weighted by atomic mass is 10.1. The molecule has 0 atom stereocenters. The van der Waals surface area contributed by atoms with E-state index < -0.39 is 15.9 Å². The molecule has 29 heavy (non-hydrogen) atoms. The second kappa shape index (κ2) is 8.77. The van der Waals surface area contributed by atoms with E-state index in [9.17, 15) is 13.2 Å². The summed E-state index contributed by atoms with van der Waals surface area (Å²) in [7, 11) is -3.72. The molecule has 0 aliphatic carbocycles. The van der Waals surface area contributed by atoms with Gasteiger partial charge in [0.2, 0.25) is 10.0 Å². The molecule has 9 heteroatoms.